The molecule has 128 valence electrons. The van der Waals surface area contributed by atoms with Gasteiger partial charge in [0, 0.05) is 24.7 Å². The minimum atomic E-state index is -3.53. The summed E-state index contributed by atoms with van der Waals surface area (Å²) in [7, 11) is -3.53. The SMILES string of the molecule is CCN(CC)CCNC(=O)c1cccc(S(=O)(=O)NC2CC2)c1. The molecule has 1 aromatic rings. The van der Waals surface area contributed by atoms with Gasteiger partial charge in [-0.3, -0.25) is 4.79 Å². The number of hydrogen-bond donors (Lipinski definition) is 2. The molecule has 0 heterocycles. The third kappa shape index (κ3) is 5.30. The van der Waals surface area contributed by atoms with Gasteiger partial charge in [0.25, 0.3) is 5.91 Å². The van der Waals surface area contributed by atoms with Crippen LogP contribution >= 0.6 is 0 Å². The van der Waals surface area contributed by atoms with E-state index < -0.39 is 10.0 Å². The number of hydrogen-bond acceptors (Lipinski definition) is 4. The number of likely N-dealkylation sites (N-methyl/N-ethyl adjacent to an activating group) is 1. The summed E-state index contributed by atoms with van der Waals surface area (Å²) >= 11 is 0. The molecule has 1 saturated carbocycles. The number of carbonyl (C=O) groups is 1. The van der Waals surface area contributed by atoms with Crippen LogP contribution in [0.3, 0.4) is 0 Å². The zero-order valence-corrected chi connectivity index (χ0v) is 14.5. The lowest BCUT2D eigenvalue weighted by atomic mass is 10.2. The second kappa shape index (κ2) is 7.90. The molecule has 0 unspecified atom stereocenters. The van der Waals surface area contributed by atoms with Crippen LogP contribution in [0.25, 0.3) is 0 Å². The molecule has 0 saturated heterocycles. The summed E-state index contributed by atoms with van der Waals surface area (Å²) in [5.74, 6) is -0.249. The van der Waals surface area contributed by atoms with Crippen molar-refractivity contribution in [2.75, 3.05) is 26.2 Å². The fourth-order valence-electron chi connectivity index (χ4n) is 2.26. The summed E-state index contributed by atoms with van der Waals surface area (Å²) in [6.45, 7) is 7.34. The Labute approximate surface area is 138 Å². The van der Waals surface area contributed by atoms with E-state index in [0.29, 0.717) is 12.1 Å². The van der Waals surface area contributed by atoms with Crippen molar-refractivity contribution >= 4 is 15.9 Å². The largest absolute Gasteiger partial charge is 0.351 e. The lowest BCUT2D eigenvalue weighted by Gasteiger charge is -2.18. The highest BCUT2D eigenvalue weighted by atomic mass is 32.2. The first-order valence-corrected chi connectivity index (χ1v) is 9.57. The van der Waals surface area contributed by atoms with Gasteiger partial charge in [0.05, 0.1) is 4.90 Å². The molecule has 1 amide bonds. The van der Waals surface area contributed by atoms with Crippen molar-refractivity contribution < 1.29 is 13.2 Å². The van der Waals surface area contributed by atoms with E-state index in [4.69, 9.17) is 0 Å². The molecule has 0 atom stereocenters. The minimum absolute atomic E-state index is 0.0477. The minimum Gasteiger partial charge on any atom is -0.351 e. The molecule has 6 nitrogen and oxygen atoms in total. The van der Waals surface area contributed by atoms with Crippen LogP contribution in [0.15, 0.2) is 29.2 Å². The topological polar surface area (TPSA) is 78.5 Å². The highest BCUT2D eigenvalue weighted by Gasteiger charge is 2.28. The summed E-state index contributed by atoms with van der Waals surface area (Å²) in [5, 5.41) is 2.83. The fraction of sp³-hybridized carbons (Fsp3) is 0.562. The van der Waals surface area contributed by atoms with E-state index in [1.54, 1.807) is 12.1 Å². The average Bonchev–Trinajstić information content (AvgIpc) is 3.35. The molecular weight excluding hydrogens is 314 g/mol. The van der Waals surface area contributed by atoms with E-state index >= 15 is 0 Å². The smallest absolute Gasteiger partial charge is 0.251 e. The Kier molecular flexibility index (Phi) is 6.15. The van der Waals surface area contributed by atoms with Crippen LogP contribution in [-0.4, -0.2) is 51.4 Å². The van der Waals surface area contributed by atoms with Crippen molar-refractivity contribution in [3.8, 4) is 0 Å². The highest BCUT2D eigenvalue weighted by Crippen LogP contribution is 2.22. The Morgan fingerprint density at radius 1 is 1.26 bits per heavy atom. The first-order valence-electron chi connectivity index (χ1n) is 8.09. The molecule has 0 aliphatic heterocycles. The van der Waals surface area contributed by atoms with Gasteiger partial charge in [0.2, 0.25) is 10.0 Å². The van der Waals surface area contributed by atoms with Gasteiger partial charge in [-0.25, -0.2) is 13.1 Å². The first-order chi connectivity index (χ1) is 11.0. The Balaban J connectivity index is 1.97. The number of benzene rings is 1. The molecule has 2 N–H and O–H groups in total. The van der Waals surface area contributed by atoms with E-state index in [0.717, 1.165) is 32.5 Å². The Morgan fingerprint density at radius 3 is 2.57 bits per heavy atom. The van der Waals surface area contributed by atoms with Gasteiger partial charge < -0.3 is 10.2 Å². The van der Waals surface area contributed by atoms with Crippen molar-refractivity contribution in [2.45, 2.75) is 37.6 Å². The third-order valence-electron chi connectivity index (χ3n) is 3.91. The lowest BCUT2D eigenvalue weighted by Crippen LogP contribution is -2.34. The van der Waals surface area contributed by atoms with Crippen LogP contribution in [0.1, 0.15) is 37.0 Å². The van der Waals surface area contributed by atoms with Gasteiger partial charge in [-0.05, 0) is 44.1 Å². The summed E-state index contributed by atoms with van der Waals surface area (Å²) < 4.78 is 27.0. The summed E-state index contributed by atoms with van der Waals surface area (Å²) in [5.41, 5.74) is 0.364. The van der Waals surface area contributed by atoms with Gasteiger partial charge in [0.15, 0.2) is 0 Å². The van der Waals surface area contributed by atoms with Gasteiger partial charge >= 0.3 is 0 Å². The molecule has 23 heavy (non-hydrogen) atoms. The monoisotopic (exact) mass is 339 g/mol. The van der Waals surface area contributed by atoms with Gasteiger partial charge in [-0.1, -0.05) is 19.9 Å². The summed E-state index contributed by atoms with van der Waals surface area (Å²) in [4.78, 5) is 14.5. The van der Waals surface area contributed by atoms with Crippen LogP contribution in [0.2, 0.25) is 0 Å². The normalized spacial score (nSPS) is 14.9. The van der Waals surface area contributed by atoms with Crippen LogP contribution in [-0.2, 0) is 10.0 Å². The Hall–Kier alpha value is -1.44. The van der Waals surface area contributed by atoms with Crippen LogP contribution in [0, 0.1) is 0 Å². The molecule has 0 radical (unpaired) electrons. The van der Waals surface area contributed by atoms with Gasteiger partial charge in [-0.2, -0.15) is 0 Å². The molecule has 0 aromatic heterocycles. The standard InChI is InChI=1S/C16H25N3O3S/c1-3-19(4-2)11-10-17-16(20)13-6-5-7-15(12-13)23(21,22)18-14-8-9-14/h5-7,12,14,18H,3-4,8-11H2,1-2H3,(H,17,20). The molecular formula is C16H25N3O3S. The maximum absolute atomic E-state index is 12.2. The summed E-state index contributed by atoms with van der Waals surface area (Å²) in [6.07, 6.45) is 1.76. The van der Waals surface area contributed by atoms with Crippen molar-refractivity contribution in [2.24, 2.45) is 0 Å². The quantitative estimate of drug-likeness (QED) is 0.709. The maximum Gasteiger partial charge on any atom is 0.251 e. The van der Waals surface area contributed by atoms with Gasteiger partial charge in [0.1, 0.15) is 0 Å². The zero-order valence-electron chi connectivity index (χ0n) is 13.7. The molecule has 2 rings (SSSR count). The van der Waals surface area contributed by atoms with Crippen LogP contribution < -0.4 is 10.0 Å². The molecule has 0 bridgehead atoms. The Morgan fingerprint density at radius 2 is 1.96 bits per heavy atom. The van der Waals surface area contributed by atoms with Crippen LogP contribution in [0.5, 0.6) is 0 Å². The molecule has 1 aliphatic rings. The fourth-order valence-corrected chi connectivity index (χ4v) is 3.61. The molecule has 0 spiro atoms. The van der Waals surface area contributed by atoms with E-state index in [9.17, 15) is 13.2 Å². The maximum atomic E-state index is 12.2. The van der Waals surface area contributed by atoms with Gasteiger partial charge in [-0.15, -0.1) is 0 Å². The van der Waals surface area contributed by atoms with Crippen LogP contribution in [0.4, 0.5) is 0 Å². The highest BCUT2D eigenvalue weighted by molar-refractivity contribution is 7.89. The number of sulfonamides is 1. The molecule has 1 fully saturated rings. The third-order valence-corrected chi connectivity index (χ3v) is 5.43. The predicted octanol–water partition coefficient (Wildman–Crippen LogP) is 1.20. The predicted molar refractivity (Wildman–Crippen MR) is 89.9 cm³/mol. The Bertz CT molecular complexity index is 638. The number of nitrogens with zero attached hydrogens (tertiary/aromatic N) is 1. The van der Waals surface area contributed by atoms with E-state index in [1.165, 1.54) is 12.1 Å². The number of carbonyl (C=O) groups excluding carboxylic acids is 1. The molecule has 1 aromatic carbocycles. The number of nitrogens with one attached hydrogen (secondary N) is 2. The average molecular weight is 339 g/mol. The van der Waals surface area contributed by atoms with E-state index in [1.807, 2.05) is 0 Å². The van der Waals surface area contributed by atoms with Crippen molar-refractivity contribution in [1.29, 1.82) is 0 Å². The summed E-state index contributed by atoms with van der Waals surface area (Å²) in [6, 6.07) is 6.21. The lowest BCUT2D eigenvalue weighted by molar-refractivity contribution is 0.0948. The zero-order chi connectivity index (χ0) is 16.9. The number of amides is 1. The second-order valence-electron chi connectivity index (χ2n) is 5.71. The number of rotatable bonds is 9. The first kappa shape index (κ1) is 17.9. The molecule has 7 heteroatoms. The molecule has 1 aliphatic carbocycles. The van der Waals surface area contributed by atoms with Crippen molar-refractivity contribution in [3.63, 3.8) is 0 Å². The van der Waals surface area contributed by atoms with Crippen molar-refractivity contribution in [3.05, 3.63) is 29.8 Å². The van der Waals surface area contributed by atoms with E-state index in [-0.39, 0.29) is 16.8 Å². The second-order valence-corrected chi connectivity index (χ2v) is 7.42. The van der Waals surface area contributed by atoms with E-state index in [2.05, 4.69) is 28.8 Å². The van der Waals surface area contributed by atoms with Crippen molar-refractivity contribution in [1.82, 2.24) is 14.9 Å².